The first kappa shape index (κ1) is 7.04. The molecule has 3 aromatic rings. The smallest absolute Gasteiger partial charge is 0.0705 e. The molecule has 0 saturated heterocycles. The summed E-state index contributed by atoms with van der Waals surface area (Å²) in [5.74, 6) is 0. The Labute approximate surface area is 137 Å². The monoisotopic (exact) mass is 281 g/mol. The van der Waals surface area contributed by atoms with E-state index in [-0.39, 0.29) is 16.7 Å². The second kappa shape index (κ2) is 5.92. The molecule has 0 fully saturated rings. The second-order valence-electron chi connectivity index (χ2n) is 4.68. The zero-order valence-electron chi connectivity index (χ0n) is 19.3. The highest BCUT2D eigenvalue weighted by Gasteiger charge is 2.05. The Morgan fingerprint density at radius 3 is 2.52 bits per heavy atom. The Kier molecular flexibility index (Phi) is 1.98. The molecule has 0 spiro atoms. The van der Waals surface area contributed by atoms with Crippen molar-refractivity contribution in [1.82, 2.24) is 4.98 Å². The van der Waals surface area contributed by atoms with Gasteiger partial charge in [-0.2, -0.15) is 0 Å². The van der Waals surface area contributed by atoms with Gasteiger partial charge in [0.05, 0.1) is 5.69 Å². The van der Waals surface area contributed by atoms with Crippen molar-refractivity contribution in [3.63, 3.8) is 0 Å². The van der Waals surface area contributed by atoms with Gasteiger partial charge in [0.25, 0.3) is 0 Å². The summed E-state index contributed by atoms with van der Waals surface area (Å²) in [6.07, 6.45) is -0.878. The van der Waals surface area contributed by atoms with Crippen LogP contribution >= 0.6 is 0 Å². The maximum atomic E-state index is 8.62. The molecule has 21 heavy (non-hydrogen) atoms. The summed E-state index contributed by atoms with van der Waals surface area (Å²) < 4.78 is 63.0. The fourth-order valence-corrected chi connectivity index (χ4v) is 2.03. The third-order valence-electron chi connectivity index (χ3n) is 3.14. The molecule has 1 heteroatoms. The van der Waals surface area contributed by atoms with Crippen LogP contribution in [0.15, 0.2) is 66.9 Å². The van der Waals surface area contributed by atoms with Crippen molar-refractivity contribution in [3.05, 3.63) is 89.1 Å². The Hall–Kier alpha value is -2.41. The molecule has 0 unspecified atom stereocenters. The Morgan fingerprint density at radius 1 is 1.00 bits per heavy atom. The van der Waals surface area contributed by atoms with Crippen LogP contribution in [0.4, 0.5) is 0 Å². The third-order valence-corrected chi connectivity index (χ3v) is 3.14. The van der Waals surface area contributed by atoms with Crippen LogP contribution < -0.4 is 0 Å². The molecule has 0 radical (unpaired) electrons. The normalized spacial score (nSPS) is 18.1. The van der Waals surface area contributed by atoms with Crippen molar-refractivity contribution in [1.29, 1.82) is 0 Å². The summed E-state index contributed by atoms with van der Waals surface area (Å²) in [5.41, 5.74) is 1.30. The SMILES string of the molecule is [2H]C([2H])([2H])c1ccc(-c2cc(C([2H])([2H])c3ccccc3)c(C([2H])([2H])[2H])cn2)cc1. The maximum Gasteiger partial charge on any atom is 0.0705 e. The summed E-state index contributed by atoms with van der Waals surface area (Å²) in [6, 6.07) is 15.9. The van der Waals surface area contributed by atoms with Gasteiger partial charge in [-0.15, -0.1) is 0 Å². The molecule has 0 bridgehead atoms. The van der Waals surface area contributed by atoms with Crippen molar-refractivity contribution < 1.29 is 11.0 Å². The highest BCUT2D eigenvalue weighted by atomic mass is 14.7. The summed E-state index contributed by atoms with van der Waals surface area (Å²) >= 11 is 0. The van der Waals surface area contributed by atoms with Crippen LogP contribution in [0.5, 0.6) is 0 Å². The number of pyridine rings is 1. The van der Waals surface area contributed by atoms with Gasteiger partial charge in [-0.3, -0.25) is 4.98 Å². The zero-order valence-corrected chi connectivity index (χ0v) is 11.3. The summed E-state index contributed by atoms with van der Waals surface area (Å²) in [7, 11) is 0. The van der Waals surface area contributed by atoms with Gasteiger partial charge < -0.3 is 0 Å². The lowest BCUT2D eigenvalue weighted by Gasteiger charge is -2.09. The topological polar surface area (TPSA) is 12.9 Å². The van der Waals surface area contributed by atoms with E-state index in [1.54, 1.807) is 42.5 Å². The quantitative estimate of drug-likeness (QED) is 0.661. The number of hydrogen-bond acceptors (Lipinski definition) is 1. The molecule has 1 heterocycles. The number of rotatable bonds is 3. The predicted octanol–water partition coefficient (Wildman–Crippen LogP) is 4.96. The largest absolute Gasteiger partial charge is 0.256 e. The molecule has 0 aliphatic heterocycles. The van der Waals surface area contributed by atoms with Gasteiger partial charge in [-0.05, 0) is 42.8 Å². The minimum atomic E-state index is -2.53. The fraction of sp³-hybridized carbons (Fsp3) is 0.150. The van der Waals surface area contributed by atoms with E-state index in [0.717, 1.165) is 0 Å². The third kappa shape index (κ3) is 3.19. The molecule has 3 rings (SSSR count). The standard InChI is InChI=1S/C20H19N/c1-15-8-10-18(11-9-15)20-13-19(16(2)14-21-20)12-17-6-4-3-5-7-17/h3-11,13-14H,12H2,1-2H3/i1D3,2D3,12D2. The van der Waals surface area contributed by atoms with Gasteiger partial charge in [0.1, 0.15) is 0 Å². The van der Waals surface area contributed by atoms with Crippen LogP contribution in [0.2, 0.25) is 0 Å². The van der Waals surface area contributed by atoms with E-state index in [2.05, 4.69) is 4.98 Å². The molecule has 2 aromatic carbocycles. The van der Waals surface area contributed by atoms with Crippen LogP contribution in [0.1, 0.15) is 33.2 Å². The van der Waals surface area contributed by atoms with E-state index in [9.17, 15) is 0 Å². The molecule has 0 amide bonds. The minimum Gasteiger partial charge on any atom is -0.256 e. The molecule has 1 aromatic heterocycles. The lowest BCUT2D eigenvalue weighted by Crippen LogP contribution is -1.95. The zero-order chi connectivity index (χ0) is 21.4. The van der Waals surface area contributed by atoms with Crippen LogP contribution in [0.25, 0.3) is 11.3 Å². The van der Waals surface area contributed by atoms with Gasteiger partial charge in [0.2, 0.25) is 0 Å². The van der Waals surface area contributed by atoms with Crippen molar-refractivity contribution in [2.75, 3.05) is 0 Å². The molecule has 0 aliphatic rings. The van der Waals surface area contributed by atoms with Crippen LogP contribution in [-0.4, -0.2) is 4.98 Å². The van der Waals surface area contributed by atoms with Crippen molar-refractivity contribution >= 4 is 0 Å². The molecule has 0 aliphatic carbocycles. The highest BCUT2D eigenvalue weighted by Crippen LogP contribution is 2.22. The molecule has 0 saturated carbocycles. The molecular weight excluding hydrogens is 254 g/mol. The number of nitrogens with zero attached hydrogens (tertiary/aromatic N) is 1. The van der Waals surface area contributed by atoms with Gasteiger partial charge in [-0.25, -0.2) is 0 Å². The van der Waals surface area contributed by atoms with Crippen LogP contribution in [0, 0.1) is 13.7 Å². The molecule has 0 atom stereocenters. The van der Waals surface area contributed by atoms with Gasteiger partial charge in [-0.1, -0.05) is 60.2 Å². The minimum absolute atomic E-state index is 0.00796. The van der Waals surface area contributed by atoms with Gasteiger partial charge in [0.15, 0.2) is 0 Å². The predicted molar refractivity (Wildman–Crippen MR) is 88.4 cm³/mol. The first-order valence-corrected chi connectivity index (χ1v) is 6.58. The molecule has 1 nitrogen and oxygen atoms in total. The average molecular weight is 281 g/mol. The van der Waals surface area contributed by atoms with Gasteiger partial charge in [0, 0.05) is 22.7 Å². The van der Waals surface area contributed by atoms with E-state index in [1.807, 2.05) is 0 Å². The van der Waals surface area contributed by atoms with E-state index in [0.29, 0.717) is 16.8 Å². The molecule has 104 valence electrons. The number of aryl methyl sites for hydroxylation is 2. The first-order chi connectivity index (χ1) is 13.4. The summed E-state index contributed by atoms with van der Waals surface area (Å²) in [4.78, 5) is 4.21. The van der Waals surface area contributed by atoms with E-state index in [1.165, 1.54) is 24.4 Å². The molecule has 0 N–H and O–H groups in total. The van der Waals surface area contributed by atoms with E-state index in [4.69, 9.17) is 11.0 Å². The average Bonchev–Trinajstić information content (AvgIpc) is 2.67. The molecular formula is C20H19N. The Bertz CT molecular complexity index is 990. The number of hydrogen-bond donors (Lipinski definition) is 0. The lowest BCUT2D eigenvalue weighted by atomic mass is 9.99. The Balaban J connectivity index is 2.15. The summed E-state index contributed by atoms with van der Waals surface area (Å²) in [5, 5.41) is 0. The number of benzene rings is 2. The maximum absolute atomic E-state index is 8.62. The fourth-order valence-electron chi connectivity index (χ4n) is 2.03. The van der Waals surface area contributed by atoms with E-state index >= 15 is 0 Å². The van der Waals surface area contributed by atoms with Gasteiger partial charge >= 0.3 is 0 Å². The number of aromatic nitrogens is 1. The first-order valence-electron chi connectivity index (χ1n) is 10.6. The summed E-state index contributed by atoms with van der Waals surface area (Å²) in [6.45, 7) is -4.76. The van der Waals surface area contributed by atoms with Crippen molar-refractivity contribution in [2.24, 2.45) is 0 Å². The van der Waals surface area contributed by atoms with Crippen molar-refractivity contribution in [3.8, 4) is 11.3 Å². The van der Waals surface area contributed by atoms with Crippen LogP contribution in [0.3, 0.4) is 0 Å². The second-order valence-corrected chi connectivity index (χ2v) is 4.68. The van der Waals surface area contributed by atoms with Crippen LogP contribution in [-0.2, 0) is 6.37 Å². The Morgan fingerprint density at radius 2 is 1.81 bits per heavy atom. The van der Waals surface area contributed by atoms with E-state index < -0.39 is 20.1 Å². The highest BCUT2D eigenvalue weighted by molar-refractivity contribution is 5.60. The van der Waals surface area contributed by atoms with Crippen molar-refractivity contribution in [2.45, 2.75) is 20.1 Å². The lowest BCUT2D eigenvalue weighted by molar-refractivity contribution is 1.12.